The van der Waals surface area contributed by atoms with Crippen molar-refractivity contribution in [2.75, 3.05) is 20.6 Å². The van der Waals surface area contributed by atoms with Crippen molar-refractivity contribution in [3.05, 3.63) is 39.8 Å². The van der Waals surface area contributed by atoms with Crippen LogP contribution in [-0.2, 0) is 13.0 Å². The van der Waals surface area contributed by atoms with E-state index in [9.17, 15) is 14.4 Å². The molecule has 8 heteroatoms. The first kappa shape index (κ1) is 18.1. The van der Waals surface area contributed by atoms with Gasteiger partial charge in [-0.3, -0.25) is 4.57 Å². The first-order valence-corrected chi connectivity index (χ1v) is 8.65. The average molecular weight is 359 g/mol. The Kier molecular flexibility index (Phi) is 5.09. The second kappa shape index (κ2) is 7.30. The number of halogens is 1. The number of hydrogen-bond acceptors (Lipinski definition) is 5. The van der Waals surface area contributed by atoms with Crippen LogP contribution in [0.15, 0.2) is 16.9 Å². The predicted molar refractivity (Wildman–Crippen MR) is 94.1 cm³/mol. The number of fused-ring (bicyclic) bond motifs is 1. The minimum atomic E-state index is -0.674. The number of nitrogens with zero attached hydrogens (tertiary/aromatic N) is 5. The van der Waals surface area contributed by atoms with Gasteiger partial charge in [0, 0.05) is 25.6 Å². The summed E-state index contributed by atoms with van der Waals surface area (Å²) in [5.41, 5.74) is -0.271. The number of nitriles is 1. The van der Waals surface area contributed by atoms with Gasteiger partial charge in [-0.05, 0) is 39.9 Å². The third kappa shape index (κ3) is 3.48. The molecule has 0 amide bonds. The summed E-state index contributed by atoms with van der Waals surface area (Å²) in [6, 6.07) is 4.43. The lowest BCUT2D eigenvalue weighted by Crippen LogP contribution is -2.28. The first-order chi connectivity index (χ1) is 12.4. The summed E-state index contributed by atoms with van der Waals surface area (Å²) in [6.07, 6.45) is 2.36. The molecule has 0 N–H and O–H groups in total. The molecule has 0 spiro atoms. The standard InChI is InChI=1S/C18H22FN5O2/c1-12(11-22(2)3)26-16-9-15(14(19)8-13(16)10-20)24-18(25)23-7-5-4-6-17(23)21-24/h8-9,12H,4-7,11H2,1-3H3. The molecule has 138 valence electrons. The van der Waals surface area contributed by atoms with Gasteiger partial charge in [0.2, 0.25) is 0 Å². The number of likely N-dealkylation sites (N-methyl/N-ethyl adjacent to an activating group) is 1. The minimum Gasteiger partial charge on any atom is -0.488 e. The number of ether oxygens (including phenoxy) is 1. The lowest BCUT2D eigenvalue weighted by Gasteiger charge is -2.20. The van der Waals surface area contributed by atoms with E-state index in [1.54, 1.807) is 4.57 Å². The quantitative estimate of drug-likeness (QED) is 0.812. The van der Waals surface area contributed by atoms with E-state index in [1.165, 1.54) is 6.07 Å². The normalized spacial score (nSPS) is 14.8. The fourth-order valence-electron chi connectivity index (χ4n) is 3.21. The average Bonchev–Trinajstić information content (AvgIpc) is 2.92. The highest BCUT2D eigenvalue weighted by Crippen LogP contribution is 2.26. The number of rotatable bonds is 5. The van der Waals surface area contributed by atoms with Gasteiger partial charge in [-0.1, -0.05) is 0 Å². The topological polar surface area (TPSA) is 76.1 Å². The van der Waals surface area contributed by atoms with Gasteiger partial charge in [0.05, 0.1) is 5.56 Å². The third-order valence-electron chi connectivity index (χ3n) is 4.32. The maximum Gasteiger partial charge on any atom is 0.350 e. The summed E-state index contributed by atoms with van der Waals surface area (Å²) in [7, 11) is 3.83. The largest absolute Gasteiger partial charge is 0.488 e. The Labute approximate surface area is 151 Å². The highest BCUT2D eigenvalue weighted by atomic mass is 19.1. The Hall–Kier alpha value is -2.66. The van der Waals surface area contributed by atoms with Crippen LogP contribution in [0.1, 0.15) is 31.2 Å². The van der Waals surface area contributed by atoms with Crippen molar-refractivity contribution in [1.29, 1.82) is 5.26 Å². The summed E-state index contributed by atoms with van der Waals surface area (Å²) < 4.78 is 23.0. The van der Waals surface area contributed by atoms with Gasteiger partial charge in [-0.2, -0.15) is 9.94 Å². The van der Waals surface area contributed by atoms with Crippen LogP contribution in [0, 0.1) is 17.1 Å². The Balaban J connectivity index is 2.03. The zero-order chi connectivity index (χ0) is 18.8. The van der Waals surface area contributed by atoms with Crippen LogP contribution in [0.2, 0.25) is 0 Å². The van der Waals surface area contributed by atoms with Crippen LogP contribution < -0.4 is 10.4 Å². The van der Waals surface area contributed by atoms with E-state index >= 15 is 0 Å². The first-order valence-electron chi connectivity index (χ1n) is 8.65. The molecule has 2 heterocycles. The van der Waals surface area contributed by atoms with Crippen LogP contribution in [0.4, 0.5) is 4.39 Å². The molecular formula is C18H22FN5O2. The van der Waals surface area contributed by atoms with Crippen molar-refractivity contribution in [3.63, 3.8) is 0 Å². The molecule has 1 atom stereocenters. The zero-order valence-electron chi connectivity index (χ0n) is 15.2. The van der Waals surface area contributed by atoms with Crippen molar-refractivity contribution >= 4 is 0 Å². The molecule has 1 unspecified atom stereocenters. The summed E-state index contributed by atoms with van der Waals surface area (Å²) in [5.74, 6) is 0.233. The third-order valence-corrected chi connectivity index (χ3v) is 4.32. The van der Waals surface area contributed by atoms with Crippen molar-refractivity contribution < 1.29 is 9.13 Å². The summed E-state index contributed by atoms with van der Waals surface area (Å²) in [5, 5.41) is 13.6. The van der Waals surface area contributed by atoms with Crippen LogP contribution in [0.25, 0.3) is 5.69 Å². The van der Waals surface area contributed by atoms with E-state index in [0.29, 0.717) is 25.3 Å². The molecular weight excluding hydrogens is 337 g/mol. The molecule has 26 heavy (non-hydrogen) atoms. The van der Waals surface area contributed by atoms with E-state index in [0.717, 1.165) is 23.6 Å². The van der Waals surface area contributed by atoms with E-state index in [-0.39, 0.29) is 28.8 Å². The van der Waals surface area contributed by atoms with E-state index in [4.69, 9.17) is 4.74 Å². The van der Waals surface area contributed by atoms with Crippen molar-refractivity contribution in [2.45, 2.75) is 38.8 Å². The molecule has 0 fully saturated rings. The SMILES string of the molecule is CC(CN(C)C)Oc1cc(-n2nc3n(c2=O)CCCC3)c(F)cc1C#N. The van der Waals surface area contributed by atoms with Crippen LogP contribution in [0.3, 0.4) is 0 Å². The van der Waals surface area contributed by atoms with Crippen LogP contribution in [-0.4, -0.2) is 46.0 Å². The Morgan fingerprint density at radius 2 is 2.19 bits per heavy atom. The molecule has 1 aliphatic rings. The van der Waals surface area contributed by atoms with Crippen molar-refractivity contribution in [2.24, 2.45) is 0 Å². The summed E-state index contributed by atoms with van der Waals surface area (Å²) in [4.78, 5) is 14.5. The van der Waals surface area contributed by atoms with Gasteiger partial charge >= 0.3 is 5.69 Å². The Morgan fingerprint density at radius 1 is 1.42 bits per heavy atom. The van der Waals surface area contributed by atoms with Crippen LogP contribution >= 0.6 is 0 Å². The fourth-order valence-corrected chi connectivity index (χ4v) is 3.21. The molecule has 1 aromatic heterocycles. The second-order valence-electron chi connectivity index (χ2n) is 6.82. The molecule has 0 bridgehead atoms. The second-order valence-corrected chi connectivity index (χ2v) is 6.82. The van der Waals surface area contributed by atoms with E-state index in [2.05, 4.69) is 5.10 Å². The molecule has 0 saturated carbocycles. The van der Waals surface area contributed by atoms with Gasteiger partial charge < -0.3 is 9.64 Å². The van der Waals surface area contributed by atoms with E-state index in [1.807, 2.05) is 32.0 Å². The maximum atomic E-state index is 14.6. The van der Waals surface area contributed by atoms with Gasteiger partial charge in [0.25, 0.3) is 0 Å². The number of aryl methyl sites for hydroxylation is 1. The molecule has 0 aliphatic carbocycles. The molecule has 0 saturated heterocycles. The lowest BCUT2D eigenvalue weighted by molar-refractivity contribution is 0.176. The fraction of sp³-hybridized carbons (Fsp3) is 0.500. The molecule has 0 radical (unpaired) electrons. The van der Waals surface area contributed by atoms with Gasteiger partial charge in [-0.25, -0.2) is 9.18 Å². The lowest BCUT2D eigenvalue weighted by atomic mass is 10.2. The van der Waals surface area contributed by atoms with Crippen LogP contribution in [0.5, 0.6) is 5.75 Å². The summed E-state index contributed by atoms with van der Waals surface area (Å²) in [6.45, 7) is 3.09. The zero-order valence-corrected chi connectivity index (χ0v) is 15.2. The molecule has 1 aromatic carbocycles. The maximum absolute atomic E-state index is 14.6. The smallest absolute Gasteiger partial charge is 0.350 e. The van der Waals surface area contributed by atoms with Gasteiger partial charge in [0.1, 0.15) is 29.4 Å². The van der Waals surface area contributed by atoms with Gasteiger partial charge in [-0.15, -0.1) is 5.10 Å². The number of benzene rings is 1. The highest BCUT2D eigenvalue weighted by molar-refractivity contribution is 5.51. The number of hydrogen-bond donors (Lipinski definition) is 0. The monoisotopic (exact) mass is 359 g/mol. The predicted octanol–water partition coefficient (Wildman–Crippen LogP) is 1.71. The molecule has 2 aromatic rings. The van der Waals surface area contributed by atoms with Crippen molar-refractivity contribution in [3.8, 4) is 17.5 Å². The van der Waals surface area contributed by atoms with E-state index < -0.39 is 5.82 Å². The van der Waals surface area contributed by atoms with Crippen molar-refractivity contribution in [1.82, 2.24) is 19.2 Å². The summed E-state index contributed by atoms with van der Waals surface area (Å²) >= 11 is 0. The Morgan fingerprint density at radius 3 is 2.85 bits per heavy atom. The molecule has 1 aliphatic heterocycles. The minimum absolute atomic E-state index is 0.00273. The molecule has 3 rings (SSSR count). The number of aromatic nitrogens is 3. The highest BCUT2D eigenvalue weighted by Gasteiger charge is 2.21. The Bertz CT molecular complexity index is 910. The van der Waals surface area contributed by atoms with Gasteiger partial charge in [0.15, 0.2) is 5.82 Å². The molecule has 7 nitrogen and oxygen atoms in total.